The van der Waals surface area contributed by atoms with Gasteiger partial charge in [-0.1, -0.05) is 18.2 Å². The quantitative estimate of drug-likeness (QED) is 0.567. The second-order valence-electron chi connectivity index (χ2n) is 7.32. The summed E-state index contributed by atoms with van der Waals surface area (Å²) in [5.41, 5.74) is 6.87. The minimum absolute atomic E-state index is 0.131. The van der Waals surface area contributed by atoms with E-state index in [4.69, 9.17) is 4.74 Å². The molecule has 0 aliphatic carbocycles. The number of amides is 1. The van der Waals surface area contributed by atoms with Gasteiger partial charge in [-0.3, -0.25) is 14.5 Å². The van der Waals surface area contributed by atoms with E-state index in [1.807, 2.05) is 62.0 Å². The van der Waals surface area contributed by atoms with E-state index in [9.17, 15) is 4.79 Å². The molecule has 5 rings (SSSR count). The molecule has 0 spiro atoms. The van der Waals surface area contributed by atoms with E-state index < -0.39 is 0 Å². The summed E-state index contributed by atoms with van der Waals surface area (Å²) in [7, 11) is 1.89. The Balaban J connectivity index is 1.31. The molecule has 148 valence electrons. The molecule has 3 heterocycles. The van der Waals surface area contributed by atoms with Crippen molar-refractivity contribution >= 4 is 5.91 Å². The van der Waals surface area contributed by atoms with Crippen molar-refractivity contribution in [1.82, 2.24) is 20.1 Å². The number of aryl methyl sites for hydroxylation is 1. The second kappa shape index (κ2) is 7.48. The fraction of sp³-hybridized carbons (Fsp3) is 0.125. The highest BCUT2D eigenvalue weighted by molar-refractivity contribution is 5.95. The van der Waals surface area contributed by atoms with Crippen LogP contribution in [0.3, 0.4) is 0 Å². The molecule has 1 aliphatic heterocycles. The minimum Gasteiger partial charge on any atom is -0.488 e. The normalized spacial score (nSPS) is 11.9. The van der Waals surface area contributed by atoms with Crippen molar-refractivity contribution in [3.05, 3.63) is 90.0 Å². The van der Waals surface area contributed by atoms with Crippen LogP contribution in [-0.2, 0) is 20.2 Å². The van der Waals surface area contributed by atoms with Crippen molar-refractivity contribution in [2.45, 2.75) is 13.2 Å². The number of fused-ring (bicyclic) bond motifs is 3. The molecule has 0 saturated carbocycles. The maximum atomic E-state index is 12.7. The third-order valence-electron chi connectivity index (χ3n) is 5.24. The van der Waals surface area contributed by atoms with Gasteiger partial charge < -0.3 is 10.1 Å². The van der Waals surface area contributed by atoms with Gasteiger partial charge in [0.05, 0.1) is 6.20 Å². The Morgan fingerprint density at radius 1 is 1.10 bits per heavy atom. The summed E-state index contributed by atoms with van der Waals surface area (Å²) in [6.45, 7) is 0.905. The zero-order valence-electron chi connectivity index (χ0n) is 16.5. The number of aromatic nitrogens is 3. The maximum absolute atomic E-state index is 12.7. The predicted octanol–water partition coefficient (Wildman–Crippen LogP) is 3.97. The number of benzene rings is 2. The fourth-order valence-electron chi connectivity index (χ4n) is 3.68. The van der Waals surface area contributed by atoms with Crippen molar-refractivity contribution in [1.29, 1.82) is 0 Å². The molecule has 6 heteroatoms. The molecule has 0 radical (unpaired) electrons. The van der Waals surface area contributed by atoms with E-state index in [-0.39, 0.29) is 5.91 Å². The monoisotopic (exact) mass is 396 g/mol. The van der Waals surface area contributed by atoms with E-state index in [2.05, 4.69) is 21.5 Å². The summed E-state index contributed by atoms with van der Waals surface area (Å²) in [4.78, 5) is 16.9. The van der Waals surface area contributed by atoms with Gasteiger partial charge in [0.25, 0.3) is 5.91 Å². The van der Waals surface area contributed by atoms with E-state index in [1.54, 1.807) is 16.9 Å². The molecule has 1 aliphatic rings. The molecule has 0 unspecified atom stereocenters. The second-order valence-corrected chi connectivity index (χ2v) is 7.32. The highest BCUT2D eigenvalue weighted by Crippen LogP contribution is 2.37. The predicted molar refractivity (Wildman–Crippen MR) is 114 cm³/mol. The van der Waals surface area contributed by atoms with Gasteiger partial charge in [0.15, 0.2) is 0 Å². The Morgan fingerprint density at radius 3 is 2.90 bits per heavy atom. The van der Waals surface area contributed by atoms with Crippen LogP contribution in [0.4, 0.5) is 0 Å². The first kappa shape index (κ1) is 18.1. The standard InChI is InChI=1S/C24H20N4O2/c1-28-14-19(13-27-28)17-4-2-3-16(9-17)11-26-24(29)18-5-6-22-21-7-8-25-12-20(21)15-30-23(22)10-18/h2-10,12-14H,11,15H2,1H3,(H,26,29). The zero-order valence-corrected chi connectivity index (χ0v) is 16.5. The lowest BCUT2D eigenvalue weighted by Crippen LogP contribution is -2.23. The van der Waals surface area contributed by atoms with Crippen LogP contribution in [0.15, 0.2) is 73.3 Å². The van der Waals surface area contributed by atoms with Crippen LogP contribution in [0.5, 0.6) is 5.75 Å². The lowest BCUT2D eigenvalue weighted by molar-refractivity contribution is 0.0950. The third-order valence-corrected chi connectivity index (χ3v) is 5.24. The molecule has 6 nitrogen and oxygen atoms in total. The van der Waals surface area contributed by atoms with Gasteiger partial charge in [-0.25, -0.2) is 0 Å². The van der Waals surface area contributed by atoms with Crippen LogP contribution >= 0.6 is 0 Å². The van der Waals surface area contributed by atoms with Gasteiger partial charge in [0.1, 0.15) is 12.4 Å². The maximum Gasteiger partial charge on any atom is 0.251 e. The van der Waals surface area contributed by atoms with Crippen LogP contribution in [0.1, 0.15) is 21.5 Å². The van der Waals surface area contributed by atoms with Gasteiger partial charge in [-0.05, 0) is 47.0 Å². The van der Waals surface area contributed by atoms with Crippen LogP contribution in [0.2, 0.25) is 0 Å². The summed E-state index contributed by atoms with van der Waals surface area (Å²) >= 11 is 0. The first-order chi connectivity index (χ1) is 14.7. The lowest BCUT2D eigenvalue weighted by Gasteiger charge is -2.20. The summed E-state index contributed by atoms with van der Waals surface area (Å²) in [6.07, 6.45) is 7.39. The Kier molecular flexibility index (Phi) is 4.52. The Bertz CT molecular complexity index is 1250. The molecule has 30 heavy (non-hydrogen) atoms. The number of carbonyl (C=O) groups excluding carboxylic acids is 1. The highest BCUT2D eigenvalue weighted by Gasteiger charge is 2.19. The summed E-state index contributed by atoms with van der Waals surface area (Å²) < 4.78 is 7.62. The first-order valence-corrected chi connectivity index (χ1v) is 9.74. The number of nitrogens with one attached hydrogen (secondary N) is 1. The average Bonchev–Trinajstić information content (AvgIpc) is 3.23. The molecule has 1 amide bonds. The number of hydrogen-bond acceptors (Lipinski definition) is 4. The highest BCUT2D eigenvalue weighted by atomic mass is 16.5. The average molecular weight is 396 g/mol. The lowest BCUT2D eigenvalue weighted by atomic mass is 9.97. The van der Waals surface area contributed by atoms with Crippen LogP contribution < -0.4 is 10.1 Å². The van der Waals surface area contributed by atoms with Crippen molar-refractivity contribution in [2.24, 2.45) is 7.05 Å². The van der Waals surface area contributed by atoms with Crippen molar-refractivity contribution < 1.29 is 9.53 Å². The fourth-order valence-corrected chi connectivity index (χ4v) is 3.68. The molecular weight excluding hydrogens is 376 g/mol. The third kappa shape index (κ3) is 3.43. The van der Waals surface area contributed by atoms with Gasteiger partial charge in [-0.15, -0.1) is 0 Å². The SMILES string of the molecule is Cn1cc(-c2cccc(CNC(=O)c3ccc4c(c3)OCc3cnccc3-4)c2)cn1. The molecule has 0 atom stereocenters. The van der Waals surface area contributed by atoms with Crippen molar-refractivity contribution in [3.8, 4) is 28.0 Å². The van der Waals surface area contributed by atoms with Crippen molar-refractivity contribution in [2.75, 3.05) is 0 Å². The smallest absolute Gasteiger partial charge is 0.251 e. The van der Waals surface area contributed by atoms with Crippen LogP contribution in [0, 0.1) is 0 Å². The van der Waals surface area contributed by atoms with E-state index in [1.165, 1.54) is 0 Å². The molecule has 2 aromatic heterocycles. The number of rotatable bonds is 4. The van der Waals surface area contributed by atoms with E-state index >= 15 is 0 Å². The number of ether oxygens (including phenoxy) is 1. The largest absolute Gasteiger partial charge is 0.488 e. The zero-order chi connectivity index (χ0) is 20.5. The van der Waals surface area contributed by atoms with Gasteiger partial charge in [0.2, 0.25) is 0 Å². The molecule has 0 saturated heterocycles. The summed E-state index contributed by atoms with van der Waals surface area (Å²) in [6, 6.07) is 15.6. The minimum atomic E-state index is -0.131. The molecule has 0 bridgehead atoms. The van der Waals surface area contributed by atoms with E-state index in [0.717, 1.165) is 39.1 Å². The molecule has 2 aromatic carbocycles. The van der Waals surface area contributed by atoms with Crippen molar-refractivity contribution in [3.63, 3.8) is 0 Å². The number of carbonyl (C=O) groups is 1. The summed E-state index contributed by atoms with van der Waals surface area (Å²) in [5.74, 6) is 0.591. The van der Waals surface area contributed by atoms with Gasteiger partial charge >= 0.3 is 0 Å². The molecule has 1 N–H and O–H groups in total. The topological polar surface area (TPSA) is 69.0 Å². The van der Waals surface area contributed by atoms with Crippen LogP contribution in [0.25, 0.3) is 22.3 Å². The molecule has 4 aromatic rings. The van der Waals surface area contributed by atoms with E-state index in [0.29, 0.717) is 18.7 Å². The first-order valence-electron chi connectivity index (χ1n) is 9.74. The van der Waals surface area contributed by atoms with Gasteiger partial charge in [0, 0.05) is 54.4 Å². The molecule has 0 fully saturated rings. The Labute approximate surface area is 174 Å². The summed E-state index contributed by atoms with van der Waals surface area (Å²) in [5, 5.41) is 7.22. The number of pyridine rings is 1. The Morgan fingerprint density at radius 2 is 2.03 bits per heavy atom. The number of hydrogen-bond donors (Lipinski definition) is 1. The number of nitrogens with zero attached hydrogens (tertiary/aromatic N) is 3. The van der Waals surface area contributed by atoms with Gasteiger partial charge in [-0.2, -0.15) is 5.10 Å². The molecular formula is C24H20N4O2. The van der Waals surface area contributed by atoms with Crippen LogP contribution in [-0.4, -0.2) is 20.7 Å². The Hall–Kier alpha value is -3.93.